The second-order valence-corrected chi connectivity index (χ2v) is 4.79. The van der Waals surface area contributed by atoms with Crippen molar-refractivity contribution in [3.05, 3.63) is 34.2 Å². The lowest BCUT2D eigenvalue weighted by molar-refractivity contribution is 0.0686. The molecule has 0 spiro atoms. The number of hydrogen-bond donors (Lipinski definition) is 1. The Morgan fingerprint density at radius 3 is 2.45 bits per heavy atom. The number of benzene rings is 1. The lowest BCUT2D eigenvalue weighted by atomic mass is 9.92. The van der Waals surface area contributed by atoms with Gasteiger partial charge in [0.05, 0.1) is 12.7 Å². The van der Waals surface area contributed by atoms with Gasteiger partial charge in [-0.05, 0) is 56.0 Å². The number of hydrogen-bond acceptors (Lipinski definition) is 4. The van der Waals surface area contributed by atoms with Crippen molar-refractivity contribution in [2.24, 2.45) is 0 Å². The van der Waals surface area contributed by atoms with Crippen molar-refractivity contribution in [1.82, 2.24) is 5.16 Å². The van der Waals surface area contributed by atoms with E-state index in [0.717, 1.165) is 28.0 Å². The summed E-state index contributed by atoms with van der Waals surface area (Å²) in [5, 5.41) is 12.9. The van der Waals surface area contributed by atoms with E-state index in [-0.39, 0.29) is 5.69 Å². The smallest absolute Gasteiger partial charge is 0.358 e. The lowest BCUT2D eigenvalue weighted by Gasteiger charge is -2.15. The van der Waals surface area contributed by atoms with E-state index in [2.05, 4.69) is 5.16 Å². The molecule has 0 amide bonds. The van der Waals surface area contributed by atoms with Gasteiger partial charge >= 0.3 is 5.97 Å². The van der Waals surface area contributed by atoms with Gasteiger partial charge in [0.15, 0.2) is 5.69 Å². The molecule has 5 nitrogen and oxygen atoms in total. The molecule has 0 aliphatic carbocycles. The number of aryl methyl sites for hydroxylation is 2. The van der Waals surface area contributed by atoms with Gasteiger partial charge in [-0.1, -0.05) is 5.16 Å². The van der Waals surface area contributed by atoms with Crippen molar-refractivity contribution in [1.29, 1.82) is 0 Å². The van der Waals surface area contributed by atoms with Gasteiger partial charge < -0.3 is 14.4 Å². The standard InChI is InChI=1S/C15H17NO4/c1-7-6-11(8(2)9(3)14(7)19-5)12-10(4)20-16-13(12)15(17)18/h6H,1-5H3,(H,17,18). The Bertz CT molecular complexity index is 686. The molecule has 2 rings (SSSR count). The molecule has 0 unspecified atom stereocenters. The first-order chi connectivity index (χ1) is 9.38. The molecule has 1 N–H and O–H groups in total. The van der Waals surface area contributed by atoms with E-state index in [1.165, 1.54) is 0 Å². The third-order valence-corrected chi connectivity index (χ3v) is 3.56. The summed E-state index contributed by atoms with van der Waals surface area (Å²) in [6, 6.07) is 1.91. The lowest BCUT2D eigenvalue weighted by Crippen LogP contribution is -2.02. The maximum absolute atomic E-state index is 11.3. The van der Waals surface area contributed by atoms with Crippen molar-refractivity contribution >= 4 is 5.97 Å². The summed E-state index contributed by atoms with van der Waals surface area (Å²) < 4.78 is 10.4. The molecule has 1 heterocycles. The molecular formula is C15H17NO4. The Hall–Kier alpha value is -2.30. The van der Waals surface area contributed by atoms with Crippen molar-refractivity contribution in [3.8, 4) is 16.9 Å². The number of carboxylic acids is 1. The largest absolute Gasteiger partial charge is 0.496 e. The minimum absolute atomic E-state index is 0.0606. The molecule has 0 aliphatic heterocycles. The van der Waals surface area contributed by atoms with Gasteiger partial charge in [0.1, 0.15) is 11.5 Å². The third-order valence-electron chi connectivity index (χ3n) is 3.56. The quantitative estimate of drug-likeness (QED) is 0.930. The van der Waals surface area contributed by atoms with Gasteiger partial charge in [-0.2, -0.15) is 0 Å². The fraction of sp³-hybridized carbons (Fsp3) is 0.333. The van der Waals surface area contributed by atoms with Crippen LogP contribution in [0.5, 0.6) is 5.75 Å². The fourth-order valence-corrected chi connectivity index (χ4v) is 2.47. The molecule has 5 heteroatoms. The van der Waals surface area contributed by atoms with Gasteiger partial charge in [0, 0.05) is 0 Å². The average molecular weight is 275 g/mol. The molecule has 106 valence electrons. The number of methoxy groups -OCH3 is 1. The number of ether oxygens (including phenoxy) is 1. The van der Waals surface area contributed by atoms with Crippen LogP contribution in [-0.4, -0.2) is 23.3 Å². The van der Waals surface area contributed by atoms with E-state index in [0.29, 0.717) is 11.3 Å². The number of carbonyl (C=O) groups is 1. The Labute approximate surface area is 117 Å². The van der Waals surface area contributed by atoms with Crippen molar-refractivity contribution in [2.45, 2.75) is 27.7 Å². The minimum atomic E-state index is -1.10. The average Bonchev–Trinajstić information content (AvgIpc) is 2.76. The van der Waals surface area contributed by atoms with Crippen LogP contribution in [0, 0.1) is 27.7 Å². The van der Waals surface area contributed by atoms with Gasteiger partial charge in [-0.25, -0.2) is 4.79 Å². The Balaban J connectivity index is 2.78. The van der Waals surface area contributed by atoms with Crippen LogP contribution in [0.3, 0.4) is 0 Å². The van der Waals surface area contributed by atoms with Gasteiger partial charge in [0.25, 0.3) is 0 Å². The molecular weight excluding hydrogens is 258 g/mol. The second-order valence-electron chi connectivity index (χ2n) is 4.79. The predicted molar refractivity (Wildman–Crippen MR) is 74.4 cm³/mol. The highest BCUT2D eigenvalue weighted by atomic mass is 16.5. The molecule has 0 saturated carbocycles. The number of aromatic nitrogens is 1. The molecule has 1 aromatic carbocycles. The SMILES string of the molecule is COc1c(C)cc(-c2c(C(=O)O)noc2C)c(C)c1C. The highest BCUT2D eigenvalue weighted by molar-refractivity contribution is 5.95. The minimum Gasteiger partial charge on any atom is -0.496 e. The van der Waals surface area contributed by atoms with Crippen LogP contribution < -0.4 is 4.74 Å². The molecule has 0 radical (unpaired) electrons. The molecule has 1 aromatic heterocycles. The van der Waals surface area contributed by atoms with Gasteiger partial charge in [0.2, 0.25) is 0 Å². The summed E-state index contributed by atoms with van der Waals surface area (Å²) in [7, 11) is 1.63. The number of aromatic carboxylic acids is 1. The van der Waals surface area contributed by atoms with Crippen molar-refractivity contribution in [2.75, 3.05) is 7.11 Å². The van der Waals surface area contributed by atoms with Crippen LogP contribution in [0.2, 0.25) is 0 Å². The first kappa shape index (κ1) is 14.1. The molecule has 0 aliphatic rings. The number of carboxylic acid groups (broad SMARTS) is 1. The van der Waals surface area contributed by atoms with Crippen LogP contribution in [0.15, 0.2) is 10.6 Å². The summed E-state index contributed by atoms with van der Waals surface area (Å²) in [4.78, 5) is 11.3. The first-order valence-corrected chi connectivity index (χ1v) is 6.23. The monoisotopic (exact) mass is 275 g/mol. The zero-order valence-corrected chi connectivity index (χ0v) is 12.2. The maximum atomic E-state index is 11.3. The molecule has 0 saturated heterocycles. The molecule has 0 fully saturated rings. The molecule has 2 aromatic rings. The van der Waals surface area contributed by atoms with Gasteiger partial charge in [-0.15, -0.1) is 0 Å². The van der Waals surface area contributed by atoms with Crippen molar-refractivity contribution in [3.63, 3.8) is 0 Å². The van der Waals surface area contributed by atoms with E-state index in [9.17, 15) is 9.90 Å². The third kappa shape index (κ3) is 2.05. The summed E-state index contributed by atoms with van der Waals surface area (Å²) in [6.07, 6.45) is 0. The van der Waals surface area contributed by atoms with Crippen LogP contribution in [0.25, 0.3) is 11.1 Å². The summed E-state index contributed by atoms with van der Waals surface area (Å²) in [5.41, 5.74) is 4.18. The molecule has 20 heavy (non-hydrogen) atoms. The second kappa shape index (κ2) is 5.00. The van der Waals surface area contributed by atoms with Crippen LogP contribution in [0.4, 0.5) is 0 Å². The van der Waals surface area contributed by atoms with E-state index < -0.39 is 5.97 Å². The number of rotatable bonds is 3. The highest BCUT2D eigenvalue weighted by Crippen LogP contribution is 2.37. The van der Waals surface area contributed by atoms with Gasteiger partial charge in [-0.3, -0.25) is 0 Å². The Morgan fingerprint density at radius 2 is 1.90 bits per heavy atom. The first-order valence-electron chi connectivity index (χ1n) is 6.23. The summed E-state index contributed by atoms with van der Waals surface area (Å²) in [5.74, 6) is 0.217. The van der Waals surface area contributed by atoms with Crippen LogP contribution in [0.1, 0.15) is 32.9 Å². The molecule has 0 bridgehead atoms. The Kier molecular flexibility index (Phi) is 3.53. The topological polar surface area (TPSA) is 72.6 Å². The summed E-state index contributed by atoms with van der Waals surface area (Å²) in [6.45, 7) is 7.53. The van der Waals surface area contributed by atoms with Crippen LogP contribution >= 0.6 is 0 Å². The van der Waals surface area contributed by atoms with Crippen LogP contribution in [-0.2, 0) is 0 Å². The van der Waals surface area contributed by atoms with E-state index in [1.807, 2.05) is 26.8 Å². The summed E-state index contributed by atoms with van der Waals surface area (Å²) >= 11 is 0. The fourth-order valence-electron chi connectivity index (χ4n) is 2.47. The van der Waals surface area contributed by atoms with E-state index in [1.54, 1.807) is 14.0 Å². The molecule has 0 atom stereocenters. The van der Waals surface area contributed by atoms with E-state index >= 15 is 0 Å². The zero-order chi connectivity index (χ0) is 15.0. The van der Waals surface area contributed by atoms with E-state index in [4.69, 9.17) is 9.26 Å². The maximum Gasteiger partial charge on any atom is 0.358 e. The predicted octanol–water partition coefficient (Wildman–Crippen LogP) is 3.28. The normalized spacial score (nSPS) is 10.7. The zero-order valence-electron chi connectivity index (χ0n) is 12.2. The Morgan fingerprint density at radius 1 is 1.25 bits per heavy atom. The number of nitrogens with zero attached hydrogens (tertiary/aromatic N) is 1. The van der Waals surface area contributed by atoms with Crippen molar-refractivity contribution < 1.29 is 19.2 Å². The highest BCUT2D eigenvalue weighted by Gasteiger charge is 2.23.